The second kappa shape index (κ2) is 6.30. The summed E-state index contributed by atoms with van der Waals surface area (Å²) in [6.07, 6.45) is 1.53. The van der Waals surface area contributed by atoms with Crippen LogP contribution >= 0.6 is 0 Å². The van der Waals surface area contributed by atoms with Crippen LogP contribution in [0.5, 0.6) is 11.5 Å². The summed E-state index contributed by atoms with van der Waals surface area (Å²) in [4.78, 5) is 15.1. The topological polar surface area (TPSA) is 73.6 Å². The fraction of sp³-hybridized carbons (Fsp3) is 0.333. The van der Waals surface area contributed by atoms with Crippen LogP contribution in [0.4, 0.5) is 0 Å². The molecule has 21 heavy (non-hydrogen) atoms. The van der Waals surface area contributed by atoms with Gasteiger partial charge in [-0.05, 0) is 38.1 Å². The van der Waals surface area contributed by atoms with Gasteiger partial charge >= 0.3 is 5.97 Å². The summed E-state index contributed by atoms with van der Waals surface area (Å²) in [6.45, 7) is 4.13. The molecule has 0 unspecified atom stereocenters. The minimum atomic E-state index is -1.04. The first-order chi connectivity index (χ1) is 10.0. The summed E-state index contributed by atoms with van der Waals surface area (Å²) < 4.78 is 12.5. The molecule has 0 atom stereocenters. The fourth-order valence-corrected chi connectivity index (χ4v) is 1.91. The molecule has 6 nitrogen and oxygen atoms in total. The largest absolute Gasteiger partial charge is 0.497 e. The zero-order valence-electron chi connectivity index (χ0n) is 12.2. The maximum Gasteiger partial charge on any atom is 0.356 e. The van der Waals surface area contributed by atoms with Crippen LogP contribution in [-0.4, -0.2) is 27.7 Å². The Balaban J connectivity index is 2.12. The van der Waals surface area contributed by atoms with Crippen LogP contribution in [0.15, 0.2) is 30.5 Å². The van der Waals surface area contributed by atoms with Crippen LogP contribution in [0, 0.1) is 0 Å². The Bertz CT molecular complexity index is 617. The molecule has 0 aliphatic rings. The van der Waals surface area contributed by atoms with Gasteiger partial charge in [-0.25, -0.2) is 9.78 Å². The summed E-state index contributed by atoms with van der Waals surface area (Å²) >= 11 is 0. The Morgan fingerprint density at radius 3 is 2.43 bits per heavy atom. The number of aromatic nitrogens is 2. The van der Waals surface area contributed by atoms with Gasteiger partial charge in [-0.2, -0.15) is 0 Å². The summed E-state index contributed by atoms with van der Waals surface area (Å²) in [5.41, 5.74) is 0.0250. The van der Waals surface area contributed by atoms with Crippen molar-refractivity contribution in [3.05, 3.63) is 42.0 Å². The quantitative estimate of drug-likeness (QED) is 0.885. The van der Waals surface area contributed by atoms with E-state index in [9.17, 15) is 4.79 Å². The molecule has 0 spiro atoms. The van der Waals surface area contributed by atoms with Gasteiger partial charge in [0.05, 0.1) is 7.11 Å². The molecule has 1 aromatic carbocycles. The number of carbonyl (C=O) groups is 1. The predicted octanol–water partition coefficient (Wildman–Crippen LogP) is 2.75. The van der Waals surface area contributed by atoms with E-state index in [1.807, 2.05) is 13.8 Å². The number of hydrogen-bond donors (Lipinski definition) is 1. The number of carboxylic acids is 1. The monoisotopic (exact) mass is 290 g/mol. The van der Waals surface area contributed by atoms with Crippen molar-refractivity contribution in [1.29, 1.82) is 0 Å². The van der Waals surface area contributed by atoms with E-state index in [0.717, 1.165) is 5.75 Å². The summed E-state index contributed by atoms with van der Waals surface area (Å²) in [6, 6.07) is 7.29. The number of carboxylic acid groups (broad SMARTS) is 1. The average Bonchev–Trinajstić information content (AvgIpc) is 2.90. The minimum Gasteiger partial charge on any atom is -0.497 e. The fourth-order valence-electron chi connectivity index (χ4n) is 1.91. The number of benzene rings is 1. The van der Waals surface area contributed by atoms with Gasteiger partial charge in [0, 0.05) is 12.2 Å². The Kier molecular flexibility index (Phi) is 4.47. The van der Waals surface area contributed by atoms with E-state index in [0.29, 0.717) is 11.6 Å². The van der Waals surface area contributed by atoms with Gasteiger partial charge in [0.2, 0.25) is 0 Å². The Morgan fingerprint density at radius 2 is 1.90 bits per heavy atom. The van der Waals surface area contributed by atoms with Crippen LogP contribution in [0.3, 0.4) is 0 Å². The molecule has 1 aromatic heterocycles. The molecular weight excluding hydrogens is 272 g/mol. The molecule has 1 heterocycles. The molecule has 112 valence electrons. The van der Waals surface area contributed by atoms with E-state index >= 15 is 0 Å². The molecular formula is C15H18N2O4. The molecule has 2 aromatic rings. The van der Waals surface area contributed by atoms with E-state index < -0.39 is 5.97 Å². The highest BCUT2D eigenvalue weighted by Crippen LogP contribution is 2.19. The number of aromatic carboxylic acids is 1. The van der Waals surface area contributed by atoms with Crippen molar-refractivity contribution in [3.8, 4) is 11.5 Å². The number of nitrogens with zero attached hydrogens (tertiary/aromatic N) is 2. The van der Waals surface area contributed by atoms with E-state index in [2.05, 4.69) is 4.98 Å². The van der Waals surface area contributed by atoms with Crippen LogP contribution in [-0.2, 0) is 6.61 Å². The van der Waals surface area contributed by atoms with Gasteiger partial charge in [-0.1, -0.05) is 0 Å². The number of rotatable bonds is 6. The van der Waals surface area contributed by atoms with Crippen molar-refractivity contribution < 1.29 is 19.4 Å². The molecule has 6 heteroatoms. The number of ether oxygens (including phenoxy) is 2. The van der Waals surface area contributed by atoms with E-state index in [4.69, 9.17) is 14.6 Å². The van der Waals surface area contributed by atoms with Crippen LogP contribution in [0.1, 0.15) is 36.2 Å². The first-order valence-electron chi connectivity index (χ1n) is 6.59. The van der Waals surface area contributed by atoms with Crippen molar-refractivity contribution in [2.75, 3.05) is 7.11 Å². The predicted molar refractivity (Wildman–Crippen MR) is 76.9 cm³/mol. The zero-order chi connectivity index (χ0) is 15.4. The molecule has 0 amide bonds. The van der Waals surface area contributed by atoms with Crippen molar-refractivity contribution in [2.45, 2.75) is 26.5 Å². The third-order valence-electron chi connectivity index (χ3n) is 3.01. The van der Waals surface area contributed by atoms with Crippen LogP contribution in [0.25, 0.3) is 0 Å². The first-order valence-corrected chi connectivity index (χ1v) is 6.59. The number of imidazole rings is 1. The summed E-state index contributed by atoms with van der Waals surface area (Å²) in [5, 5.41) is 9.02. The second-order valence-corrected chi connectivity index (χ2v) is 4.81. The lowest BCUT2D eigenvalue weighted by molar-refractivity contribution is 0.0690. The maximum atomic E-state index is 11.0. The van der Waals surface area contributed by atoms with Gasteiger partial charge in [0.25, 0.3) is 0 Å². The van der Waals surface area contributed by atoms with Gasteiger partial charge in [0.15, 0.2) is 5.69 Å². The zero-order valence-corrected chi connectivity index (χ0v) is 12.2. The van der Waals surface area contributed by atoms with Crippen molar-refractivity contribution >= 4 is 5.97 Å². The van der Waals surface area contributed by atoms with Crippen molar-refractivity contribution in [2.24, 2.45) is 0 Å². The Morgan fingerprint density at radius 1 is 1.29 bits per heavy atom. The molecule has 0 aliphatic heterocycles. The standard InChI is InChI=1S/C15H18N2O4/c1-10(2)17-8-13(15(18)19)16-14(17)9-21-12-6-4-11(20-3)5-7-12/h4-8,10H,9H2,1-3H3,(H,18,19). The Labute approximate surface area is 122 Å². The molecule has 0 saturated carbocycles. The smallest absolute Gasteiger partial charge is 0.356 e. The Hall–Kier alpha value is -2.50. The third-order valence-corrected chi connectivity index (χ3v) is 3.01. The van der Waals surface area contributed by atoms with Crippen LogP contribution in [0.2, 0.25) is 0 Å². The highest BCUT2D eigenvalue weighted by Gasteiger charge is 2.15. The lowest BCUT2D eigenvalue weighted by Gasteiger charge is -2.12. The third kappa shape index (κ3) is 3.53. The lowest BCUT2D eigenvalue weighted by Crippen LogP contribution is -2.08. The summed E-state index contributed by atoms with van der Waals surface area (Å²) in [5.74, 6) is 0.962. The molecule has 1 N–H and O–H groups in total. The van der Waals surface area contributed by atoms with Crippen LogP contribution < -0.4 is 9.47 Å². The van der Waals surface area contributed by atoms with E-state index in [-0.39, 0.29) is 18.3 Å². The van der Waals surface area contributed by atoms with Crippen molar-refractivity contribution in [3.63, 3.8) is 0 Å². The molecule has 0 fully saturated rings. The normalized spacial score (nSPS) is 10.7. The van der Waals surface area contributed by atoms with Gasteiger partial charge in [-0.3, -0.25) is 0 Å². The summed E-state index contributed by atoms with van der Waals surface area (Å²) in [7, 11) is 1.60. The van der Waals surface area contributed by atoms with E-state index in [1.165, 1.54) is 6.20 Å². The highest BCUT2D eigenvalue weighted by atomic mass is 16.5. The van der Waals surface area contributed by atoms with E-state index in [1.54, 1.807) is 35.9 Å². The van der Waals surface area contributed by atoms with Gasteiger partial charge in [0.1, 0.15) is 23.9 Å². The molecule has 2 rings (SSSR count). The SMILES string of the molecule is COc1ccc(OCc2nc(C(=O)O)cn2C(C)C)cc1. The average molecular weight is 290 g/mol. The van der Waals surface area contributed by atoms with Crippen molar-refractivity contribution in [1.82, 2.24) is 9.55 Å². The van der Waals surface area contributed by atoms with Gasteiger partial charge in [-0.15, -0.1) is 0 Å². The van der Waals surface area contributed by atoms with Gasteiger partial charge < -0.3 is 19.1 Å². The molecule has 0 radical (unpaired) electrons. The lowest BCUT2D eigenvalue weighted by atomic mass is 10.3. The first kappa shape index (κ1) is 14.9. The maximum absolute atomic E-state index is 11.0. The highest BCUT2D eigenvalue weighted by molar-refractivity contribution is 5.85. The number of hydrogen-bond acceptors (Lipinski definition) is 4. The molecule has 0 saturated heterocycles. The molecule has 0 aliphatic carbocycles. The second-order valence-electron chi connectivity index (χ2n) is 4.81. The minimum absolute atomic E-state index is 0.0250. The number of methoxy groups -OCH3 is 1. The molecule has 0 bridgehead atoms.